The first kappa shape index (κ1) is 9.01. The van der Waals surface area contributed by atoms with Gasteiger partial charge in [0.05, 0.1) is 13.3 Å². The molecule has 1 atom stereocenters. The average molecular weight is 157 g/mol. The molecular formula is C9H19NO. The quantitative estimate of drug-likeness (QED) is 0.673. The maximum Gasteiger partial charge on any atom is 0.0971 e. The zero-order valence-electron chi connectivity index (χ0n) is 7.65. The highest BCUT2D eigenvalue weighted by Crippen LogP contribution is 2.22. The fourth-order valence-electron chi connectivity index (χ4n) is 1.58. The van der Waals surface area contributed by atoms with Crippen LogP contribution >= 0.6 is 0 Å². The van der Waals surface area contributed by atoms with E-state index in [0.717, 1.165) is 13.3 Å². The second-order valence-corrected chi connectivity index (χ2v) is 3.41. The van der Waals surface area contributed by atoms with E-state index in [4.69, 9.17) is 4.74 Å². The van der Waals surface area contributed by atoms with Gasteiger partial charge in [0, 0.05) is 5.54 Å². The summed E-state index contributed by atoms with van der Waals surface area (Å²) in [5.41, 5.74) is 0.315. The first-order chi connectivity index (χ1) is 5.33. The topological polar surface area (TPSA) is 21.3 Å². The van der Waals surface area contributed by atoms with Crippen molar-refractivity contribution in [1.82, 2.24) is 5.32 Å². The van der Waals surface area contributed by atoms with Gasteiger partial charge in [0.2, 0.25) is 0 Å². The summed E-state index contributed by atoms with van der Waals surface area (Å²) in [4.78, 5) is 0. The van der Waals surface area contributed by atoms with Crippen molar-refractivity contribution in [2.75, 3.05) is 13.3 Å². The molecule has 0 saturated carbocycles. The Kier molecular flexibility index (Phi) is 3.34. The van der Waals surface area contributed by atoms with Gasteiger partial charge in [-0.25, -0.2) is 0 Å². The number of ether oxygens (including phenoxy) is 1. The summed E-state index contributed by atoms with van der Waals surface area (Å²) in [7, 11) is 0. The summed E-state index contributed by atoms with van der Waals surface area (Å²) in [6.45, 7) is 6.12. The van der Waals surface area contributed by atoms with Gasteiger partial charge in [0.15, 0.2) is 0 Å². The lowest BCUT2D eigenvalue weighted by atomic mass is 9.91. The molecule has 0 radical (unpaired) electrons. The zero-order valence-corrected chi connectivity index (χ0v) is 7.65. The molecule has 0 aromatic rings. The Balaban J connectivity index is 2.33. The van der Waals surface area contributed by atoms with E-state index >= 15 is 0 Å². The van der Waals surface area contributed by atoms with Gasteiger partial charge in [-0.3, -0.25) is 5.32 Å². The van der Waals surface area contributed by atoms with Crippen LogP contribution in [0, 0.1) is 0 Å². The highest BCUT2D eigenvalue weighted by atomic mass is 16.5. The van der Waals surface area contributed by atoms with Crippen LogP contribution in [0.15, 0.2) is 0 Å². The first-order valence-electron chi connectivity index (χ1n) is 4.66. The molecule has 0 bridgehead atoms. The first-order valence-corrected chi connectivity index (χ1v) is 4.66. The molecule has 1 aliphatic rings. The minimum absolute atomic E-state index is 0.315. The molecule has 66 valence electrons. The molecule has 2 heteroatoms. The van der Waals surface area contributed by atoms with E-state index in [9.17, 15) is 0 Å². The fraction of sp³-hybridized carbons (Fsp3) is 1.00. The predicted molar refractivity (Wildman–Crippen MR) is 46.5 cm³/mol. The van der Waals surface area contributed by atoms with E-state index < -0.39 is 0 Å². The number of unbranched alkanes of at least 4 members (excludes halogenated alkanes) is 1. The highest BCUT2D eigenvalue weighted by molar-refractivity contribution is 4.88. The van der Waals surface area contributed by atoms with Crippen molar-refractivity contribution in [1.29, 1.82) is 0 Å². The molecule has 0 aromatic heterocycles. The molecule has 1 rings (SSSR count). The van der Waals surface area contributed by atoms with Gasteiger partial charge in [-0.2, -0.15) is 0 Å². The average Bonchev–Trinajstić information content (AvgIpc) is 2.50. The van der Waals surface area contributed by atoms with Crippen molar-refractivity contribution < 1.29 is 4.74 Å². The molecule has 2 nitrogen and oxygen atoms in total. The molecular weight excluding hydrogens is 138 g/mol. The summed E-state index contributed by atoms with van der Waals surface area (Å²) in [6.07, 6.45) is 5.04. The van der Waals surface area contributed by atoms with Crippen LogP contribution in [0.3, 0.4) is 0 Å². The van der Waals surface area contributed by atoms with E-state index in [1.165, 1.54) is 25.7 Å². The fourth-order valence-corrected chi connectivity index (χ4v) is 1.58. The Bertz CT molecular complexity index is 108. The highest BCUT2D eigenvalue weighted by Gasteiger charge is 2.31. The minimum atomic E-state index is 0.315. The third kappa shape index (κ3) is 2.17. The number of rotatable bonds is 4. The van der Waals surface area contributed by atoms with Crippen molar-refractivity contribution in [3.63, 3.8) is 0 Å². The molecule has 1 unspecified atom stereocenters. The van der Waals surface area contributed by atoms with Crippen molar-refractivity contribution in [3.8, 4) is 0 Å². The van der Waals surface area contributed by atoms with Gasteiger partial charge < -0.3 is 4.74 Å². The zero-order chi connectivity index (χ0) is 8.16. The number of hydrogen-bond acceptors (Lipinski definition) is 2. The second kappa shape index (κ2) is 4.07. The molecule has 1 aliphatic heterocycles. The smallest absolute Gasteiger partial charge is 0.0971 e. The maximum atomic E-state index is 5.34. The number of nitrogens with one attached hydrogen (secondary N) is 1. The van der Waals surface area contributed by atoms with Crippen LogP contribution in [0.1, 0.15) is 39.5 Å². The molecule has 0 aliphatic carbocycles. The Labute approximate surface area is 69.3 Å². The number of hydrogen-bond donors (Lipinski definition) is 1. The Morgan fingerprint density at radius 1 is 1.45 bits per heavy atom. The van der Waals surface area contributed by atoms with E-state index in [1.54, 1.807) is 0 Å². The van der Waals surface area contributed by atoms with Gasteiger partial charge in [-0.05, 0) is 12.8 Å². The van der Waals surface area contributed by atoms with Gasteiger partial charge in [-0.15, -0.1) is 0 Å². The van der Waals surface area contributed by atoms with Crippen LogP contribution in [0.2, 0.25) is 0 Å². The van der Waals surface area contributed by atoms with Crippen LogP contribution in [-0.2, 0) is 4.74 Å². The second-order valence-electron chi connectivity index (χ2n) is 3.41. The predicted octanol–water partition coefficient (Wildman–Crippen LogP) is 1.90. The Morgan fingerprint density at radius 3 is 2.73 bits per heavy atom. The summed E-state index contributed by atoms with van der Waals surface area (Å²) in [5.74, 6) is 0. The normalized spacial score (nSPS) is 31.1. The lowest BCUT2D eigenvalue weighted by molar-refractivity contribution is 0.171. The van der Waals surface area contributed by atoms with E-state index in [2.05, 4.69) is 19.2 Å². The molecule has 1 heterocycles. The maximum absolute atomic E-state index is 5.34. The molecule has 11 heavy (non-hydrogen) atoms. The van der Waals surface area contributed by atoms with Crippen molar-refractivity contribution in [2.45, 2.75) is 45.1 Å². The Morgan fingerprint density at radius 2 is 2.27 bits per heavy atom. The monoisotopic (exact) mass is 157 g/mol. The molecule has 1 saturated heterocycles. The van der Waals surface area contributed by atoms with Crippen LogP contribution < -0.4 is 5.32 Å². The lowest BCUT2D eigenvalue weighted by Crippen LogP contribution is -2.41. The summed E-state index contributed by atoms with van der Waals surface area (Å²) in [6, 6.07) is 0. The molecule has 0 aromatic carbocycles. The van der Waals surface area contributed by atoms with Gasteiger partial charge in [-0.1, -0.05) is 26.7 Å². The molecule has 0 spiro atoms. The standard InChI is InChI=1S/C9H19NO/c1-3-5-6-9(4-2)7-11-8-10-9/h10H,3-8H2,1-2H3. The van der Waals surface area contributed by atoms with Gasteiger partial charge in [0.1, 0.15) is 0 Å². The lowest BCUT2D eigenvalue weighted by Gasteiger charge is -2.25. The van der Waals surface area contributed by atoms with E-state index in [0.29, 0.717) is 5.54 Å². The summed E-state index contributed by atoms with van der Waals surface area (Å²) >= 11 is 0. The van der Waals surface area contributed by atoms with Crippen LogP contribution in [0.5, 0.6) is 0 Å². The summed E-state index contributed by atoms with van der Waals surface area (Å²) < 4.78 is 5.34. The molecule has 0 amide bonds. The van der Waals surface area contributed by atoms with Crippen LogP contribution in [0.25, 0.3) is 0 Å². The van der Waals surface area contributed by atoms with Gasteiger partial charge >= 0.3 is 0 Å². The van der Waals surface area contributed by atoms with E-state index in [-0.39, 0.29) is 0 Å². The van der Waals surface area contributed by atoms with Crippen LogP contribution in [0.4, 0.5) is 0 Å². The van der Waals surface area contributed by atoms with Crippen LogP contribution in [-0.4, -0.2) is 18.9 Å². The summed E-state index contributed by atoms with van der Waals surface area (Å²) in [5, 5.41) is 3.43. The SMILES string of the molecule is CCCCC1(CC)COCN1. The molecule has 1 N–H and O–H groups in total. The van der Waals surface area contributed by atoms with Crippen molar-refractivity contribution in [3.05, 3.63) is 0 Å². The third-order valence-corrected chi connectivity index (χ3v) is 2.61. The van der Waals surface area contributed by atoms with Gasteiger partial charge in [0.25, 0.3) is 0 Å². The van der Waals surface area contributed by atoms with Crippen molar-refractivity contribution >= 4 is 0 Å². The largest absolute Gasteiger partial charge is 0.364 e. The van der Waals surface area contributed by atoms with E-state index in [1.807, 2.05) is 0 Å². The third-order valence-electron chi connectivity index (χ3n) is 2.61. The minimum Gasteiger partial charge on any atom is -0.364 e. The van der Waals surface area contributed by atoms with Crippen molar-refractivity contribution in [2.24, 2.45) is 0 Å². The molecule has 1 fully saturated rings. The Hall–Kier alpha value is -0.0800.